The second kappa shape index (κ2) is 6.48. The molecular formula is C22H16O4. The molecule has 26 heavy (non-hydrogen) atoms. The van der Waals surface area contributed by atoms with E-state index in [1.807, 2.05) is 42.5 Å². The molecule has 0 aromatic heterocycles. The van der Waals surface area contributed by atoms with Crippen LogP contribution in [0.5, 0.6) is 11.5 Å². The van der Waals surface area contributed by atoms with Crippen LogP contribution in [0.15, 0.2) is 66.7 Å². The summed E-state index contributed by atoms with van der Waals surface area (Å²) in [7, 11) is 1.58. The lowest BCUT2D eigenvalue weighted by Crippen LogP contribution is -2.12. The third kappa shape index (κ3) is 2.75. The van der Waals surface area contributed by atoms with Crippen molar-refractivity contribution in [2.75, 3.05) is 7.11 Å². The highest BCUT2D eigenvalue weighted by Crippen LogP contribution is 2.36. The van der Waals surface area contributed by atoms with Crippen molar-refractivity contribution in [3.05, 3.63) is 83.4 Å². The number of hydrogen-bond acceptors (Lipinski definition) is 4. The van der Waals surface area contributed by atoms with Crippen LogP contribution in [0.1, 0.15) is 26.3 Å². The summed E-state index contributed by atoms with van der Waals surface area (Å²) in [5.74, 6) is 0.777. The van der Waals surface area contributed by atoms with Crippen molar-refractivity contribution in [1.82, 2.24) is 0 Å². The molecule has 4 heteroatoms. The topological polar surface area (TPSA) is 52.6 Å². The average molecular weight is 344 g/mol. The smallest absolute Gasteiger partial charge is 0.187 e. The fourth-order valence-electron chi connectivity index (χ4n) is 3.13. The van der Waals surface area contributed by atoms with Gasteiger partial charge in [0.05, 0.1) is 7.11 Å². The lowest BCUT2D eigenvalue weighted by atomic mass is 9.90. The molecule has 0 atom stereocenters. The van der Waals surface area contributed by atoms with E-state index in [1.165, 1.54) is 12.2 Å². The summed E-state index contributed by atoms with van der Waals surface area (Å²) in [5, 5.41) is 1.51. The van der Waals surface area contributed by atoms with Crippen LogP contribution in [-0.4, -0.2) is 18.7 Å². The van der Waals surface area contributed by atoms with Gasteiger partial charge in [0.15, 0.2) is 23.1 Å². The van der Waals surface area contributed by atoms with E-state index in [1.54, 1.807) is 19.2 Å². The SMILES string of the molecule is COc1cc2ccc3c(c2cc1OCc1ccccc1)C(=O)C=CC3=O. The lowest BCUT2D eigenvalue weighted by Gasteiger charge is -2.16. The van der Waals surface area contributed by atoms with Gasteiger partial charge in [-0.2, -0.15) is 0 Å². The van der Waals surface area contributed by atoms with Crippen molar-refractivity contribution in [2.45, 2.75) is 6.61 Å². The van der Waals surface area contributed by atoms with E-state index < -0.39 is 0 Å². The molecule has 3 aromatic rings. The van der Waals surface area contributed by atoms with Crippen LogP contribution in [0.4, 0.5) is 0 Å². The number of allylic oxidation sites excluding steroid dienone is 2. The first kappa shape index (κ1) is 16.1. The van der Waals surface area contributed by atoms with Gasteiger partial charge in [0.2, 0.25) is 0 Å². The zero-order valence-electron chi connectivity index (χ0n) is 14.2. The van der Waals surface area contributed by atoms with Crippen molar-refractivity contribution in [3.63, 3.8) is 0 Å². The molecule has 4 rings (SSSR count). The largest absolute Gasteiger partial charge is 0.493 e. The highest BCUT2D eigenvalue weighted by atomic mass is 16.5. The minimum absolute atomic E-state index is 0.163. The lowest BCUT2D eigenvalue weighted by molar-refractivity contribution is 0.0995. The first-order chi connectivity index (χ1) is 12.7. The standard InChI is InChI=1S/C22H16O4/c1-25-20-11-15-7-8-16-18(23)9-10-19(24)22(16)17(15)12-21(20)26-13-14-5-3-2-4-6-14/h2-12H,13H2,1H3. The molecular weight excluding hydrogens is 328 g/mol. The molecule has 3 aromatic carbocycles. The molecule has 0 spiro atoms. The van der Waals surface area contributed by atoms with E-state index in [-0.39, 0.29) is 11.6 Å². The first-order valence-corrected chi connectivity index (χ1v) is 8.25. The Balaban J connectivity index is 1.81. The van der Waals surface area contributed by atoms with E-state index in [9.17, 15) is 9.59 Å². The van der Waals surface area contributed by atoms with Gasteiger partial charge in [0.25, 0.3) is 0 Å². The molecule has 0 N–H and O–H groups in total. The fourth-order valence-corrected chi connectivity index (χ4v) is 3.13. The van der Waals surface area contributed by atoms with Gasteiger partial charge < -0.3 is 9.47 Å². The van der Waals surface area contributed by atoms with Crippen molar-refractivity contribution in [2.24, 2.45) is 0 Å². The van der Waals surface area contributed by atoms with E-state index in [0.717, 1.165) is 10.9 Å². The van der Waals surface area contributed by atoms with Crippen molar-refractivity contribution < 1.29 is 19.1 Å². The van der Waals surface area contributed by atoms with Crippen LogP contribution in [0.25, 0.3) is 10.8 Å². The molecule has 0 aliphatic heterocycles. The maximum atomic E-state index is 12.4. The second-order valence-corrected chi connectivity index (χ2v) is 6.05. The third-order valence-corrected chi connectivity index (χ3v) is 4.44. The minimum Gasteiger partial charge on any atom is -0.493 e. The Kier molecular flexibility index (Phi) is 4.01. The van der Waals surface area contributed by atoms with E-state index in [2.05, 4.69) is 0 Å². The Morgan fingerprint density at radius 3 is 2.38 bits per heavy atom. The normalized spacial score (nSPS) is 13.0. The van der Waals surface area contributed by atoms with Crippen LogP contribution in [-0.2, 0) is 6.61 Å². The molecule has 0 unspecified atom stereocenters. The van der Waals surface area contributed by atoms with Crippen LogP contribution < -0.4 is 9.47 Å². The molecule has 0 amide bonds. The first-order valence-electron chi connectivity index (χ1n) is 8.25. The number of carbonyl (C=O) groups is 2. The van der Waals surface area contributed by atoms with Crippen molar-refractivity contribution in [1.29, 1.82) is 0 Å². The van der Waals surface area contributed by atoms with Crippen LogP contribution in [0, 0.1) is 0 Å². The second-order valence-electron chi connectivity index (χ2n) is 6.05. The van der Waals surface area contributed by atoms with E-state index in [0.29, 0.717) is 34.6 Å². The van der Waals surface area contributed by atoms with E-state index in [4.69, 9.17) is 9.47 Å². The van der Waals surface area contributed by atoms with Gasteiger partial charge in [-0.25, -0.2) is 0 Å². The molecule has 1 aliphatic carbocycles. The average Bonchev–Trinajstić information content (AvgIpc) is 2.68. The number of rotatable bonds is 4. The maximum Gasteiger partial charge on any atom is 0.187 e. The van der Waals surface area contributed by atoms with Gasteiger partial charge in [-0.15, -0.1) is 0 Å². The Labute approximate surface area is 150 Å². The summed E-state index contributed by atoms with van der Waals surface area (Å²) < 4.78 is 11.4. The van der Waals surface area contributed by atoms with Gasteiger partial charge in [0, 0.05) is 11.1 Å². The molecule has 0 bridgehead atoms. The molecule has 0 heterocycles. The molecule has 0 radical (unpaired) electrons. The Morgan fingerprint density at radius 1 is 0.846 bits per heavy atom. The van der Waals surface area contributed by atoms with Gasteiger partial charge >= 0.3 is 0 Å². The molecule has 0 fully saturated rings. The van der Waals surface area contributed by atoms with Crippen LogP contribution in [0.3, 0.4) is 0 Å². The molecule has 4 nitrogen and oxygen atoms in total. The van der Waals surface area contributed by atoms with Gasteiger partial charge in [-0.05, 0) is 46.7 Å². The number of ketones is 2. The molecule has 128 valence electrons. The zero-order valence-corrected chi connectivity index (χ0v) is 14.2. The summed E-state index contributed by atoms with van der Waals surface area (Å²) in [5.41, 5.74) is 1.87. The third-order valence-electron chi connectivity index (χ3n) is 4.44. The number of benzene rings is 3. The summed E-state index contributed by atoms with van der Waals surface area (Å²) in [4.78, 5) is 24.5. The molecule has 1 aliphatic rings. The van der Waals surface area contributed by atoms with Crippen molar-refractivity contribution in [3.8, 4) is 11.5 Å². The fraction of sp³-hybridized carbons (Fsp3) is 0.0909. The molecule has 0 saturated heterocycles. The predicted octanol–water partition coefficient (Wildman–Crippen LogP) is 4.36. The number of ether oxygens (including phenoxy) is 2. The van der Waals surface area contributed by atoms with E-state index >= 15 is 0 Å². The highest BCUT2D eigenvalue weighted by Gasteiger charge is 2.22. The zero-order chi connectivity index (χ0) is 18.1. The summed E-state index contributed by atoms with van der Waals surface area (Å²) in [6.45, 7) is 0.379. The summed E-state index contributed by atoms with van der Waals surface area (Å²) >= 11 is 0. The van der Waals surface area contributed by atoms with Crippen LogP contribution >= 0.6 is 0 Å². The van der Waals surface area contributed by atoms with Gasteiger partial charge in [0.1, 0.15) is 6.61 Å². The summed E-state index contributed by atoms with van der Waals surface area (Å²) in [6.07, 6.45) is 2.63. The Hall–Kier alpha value is -3.40. The number of fused-ring (bicyclic) bond motifs is 3. The predicted molar refractivity (Wildman–Crippen MR) is 99.1 cm³/mol. The Bertz CT molecular complexity index is 1050. The quantitative estimate of drug-likeness (QED) is 0.705. The maximum absolute atomic E-state index is 12.4. The van der Waals surface area contributed by atoms with Gasteiger partial charge in [-0.3, -0.25) is 9.59 Å². The van der Waals surface area contributed by atoms with Crippen molar-refractivity contribution >= 4 is 22.3 Å². The van der Waals surface area contributed by atoms with Gasteiger partial charge in [-0.1, -0.05) is 36.4 Å². The number of methoxy groups -OCH3 is 1. The number of carbonyl (C=O) groups excluding carboxylic acids is 2. The minimum atomic E-state index is -0.177. The van der Waals surface area contributed by atoms with Crippen LogP contribution in [0.2, 0.25) is 0 Å². The summed E-state index contributed by atoms with van der Waals surface area (Å²) in [6, 6.07) is 16.9. The Morgan fingerprint density at radius 2 is 1.62 bits per heavy atom. The monoisotopic (exact) mass is 344 g/mol. The highest BCUT2D eigenvalue weighted by molar-refractivity contribution is 6.27. The number of hydrogen-bond donors (Lipinski definition) is 0. The molecule has 0 saturated carbocycles.